The van der Waals surface area contributed by atoms with E-state index in [1.807, 2.05) is 6.07 Å². The lowest BCUT2D eigenvalue weighted by atomic mass is 10.0. The van der Waals surface area contributed by atoms with E-state index in [4.69, 9.17) is 0 Å². The Balaban J connectivity index is 1.88. The highest BCUT2D eigenvalue weighted by atomic mass is 16.2. The van der Waals surface area contributed by atoms with Gasteiger partial charge in [0.05, 0.1) is 18.3 Å². The number of amides is 1. The van der Waals surface area contributed by atoms with E-state index in [2.05, 4.69) is 28.6 Å². The Morgan fingerprint density at radius 2 is 2.44 bits per heavy atom. The fourth-order valence-electron chi connectivity index (χ4n) is 2.32. The lowest BCUT2D eigenvalue weighted by molar-refractivity contribution is -0.123. The minimum absolute atomic E-state index is 0.0208. The number of hydrogen-bond donors (Lipinski definition) is 2. The fraction of sp³-hybridized carbons (Fsp3) is 0.571. The number of pyridine rings is 1. The zero-order valence-corrected chi connectivity index (χ0v) is 10.9. The molecule has 1 fully saturated rings. The summed E-state index contributed by atoms with van der Waals surface area (Å²) < 4.78 is 0. The van der Waals surface area contributed by atoms with Crippen LogP contribution in [-0.4, -0.2) is 23.5 Å². The molecule has 18 heavy (non-hydrogen) atoms. The smallest absolute Gasteiger partial charge is 0.237 e. The molecule has 2 rings (SSSR count). The first kappa shape index (κ1) is 13.0. The molecule has 0 radical (unpaired) electrons. The first-order valence-corrected chi connectivity index (χ1v) is 6.75. The van der Waals surface area contributed by atoms with Gasteiger partial charge in [-0.25, -0.2) is 0 Å². The average Bonchev–Trinajstić information content (AvgIpc) is 2.46. The maximum Gasteiger partial charge on any atom is 0.237 e. The monoisotopic (exact) mass is 247 g/mol. The minimum atomic E-state index is -0.0208. The van der Waals surface area contributed by atoms with Crippen LogP contribution < -0.4 is 10.6 Å². The van der Waals surface area contributed by atoms with Crippen LogP contribution in [0.2, 0.25) is 0 Å². The average molecular weight is 247 g/mol. The zero-order valence-electron chi connectivity index (χ0n) is 10.9. The molecule has 0 bridgehead atoms. The van der Waals surface area contributed by atoms with E-state index in [9.17, 15) is 4.79 Å². The number of nitrogens with zero attached hydrogens (tertiary/aromatic N) is 1. The van der Waals surface area contributed by atoms with Crippen LogP contribution in [0, 0.1) is 0 Å². The van der Waals surface area contributed by atoms with Gasteiger partial charge in [-0.1, -0.05) is 19.4 Å². The third-order valence-electron chi connectivity index (χ3n) is 3.42. The van der Waals surface area contributed by atoms with Gasteiger partial charge in [0.1, 0.15) is 0 Å². The molecular formula is C14H21N3O. The number of rotatable bonds is 4. The van der Waals surface area contributed by atoms with E-state index in [1.54, 1.807) is 6.20 Å². The van der Waals surface area contributed by atoms with Crippen LogP contribution in [0.3, 0.4) is 0 Å². The Morgan fingerprint density at radius 3 is 3.17 bits per heavy atom. The van der Waals surface area contributed by atoms with Gasteiger partial charge in [0.25, 0.3) is 0 Å². The number of carbonyl (C=O) groups excluding carboxylic acids is 1. The van der Waals surface area contributed by atoms with Crippen LogP contribution in [0.5, 0.6) is 0 Å². The van der Waals surface area contributed by atoms with Crippen LogP contribution in [-0.2, 0) is 17.8 Å². The van der Waals surface area contributed by atoms with Gasteiger partial charge in [-0.15, -0.1) is 0 Å². The van der Waals surface area contributed by atoms with Crippen molar-refractivity contribution in [1.29, 1.82) is 0 Å². The van der Waals surface area contributed by atoms with Gasteiger partial charge in [0.2, 0.25) is 5.91 Å². The summed E-state index contributed by atoms with van der Waals surface area (Å²) in [5, 5.41) is 6.23. The van der Waals surface area contributed by atoms with Gasteiger partial charge in [0.15, 0.2) is 0 Å². The van der Waals surface area contributed by atoms with E-state index in [0.29, 0.717) is 6.54 Å². The van der Waals surface area contributed by atoms with Crippen molar-refractivity contribution in [2.75, 3.05) is 6.54 Å². The summed E-state index contributed by atoms with van der Waals surface area (Å²) in [6, 6.07) is 3.98. The van der Waals surface area contributed by atoms with Crippen molar-refractivity contribution in [2.24, 2.45) is 0 Å². The summed E-state index contributed by atoms with van der Waals surface area (Å²) in [5.41, 5.74) is 2.18. The number of hydrogen-bond acceptors (Lipinski definition) is 3. The van der Waals surface area contributed by atoms with Gasteiger partial charge in [-0.05, 0) is 37.4 Å². The molecular weight excluding hydrogens is 226 g/mol. The third-order valence-corrected chi connectivity index (χ3v) is 3.42. The summed E-state index contributed by atoms with van der Waals surface area (Å²) in [4.78, 5) is 16.3. The molecule has 2 N–H and O–H groups in total. The largest absolute Gasteiger partial charge is 0.349 e. The fourth-order valence-corrected chi connectivity index (χ4v) is 2.32. The molecule has 0 unspecified atom stereocenters. The summed E-state index contributed by atoms with van der Waals surface area (Å²) in [7, 11) is 0. The van der Waals surface area contributed by atoms with Crippen molar-refractivity contribution < 1.29 is 4.79 Å². The van der Waals surface area contributed by atoms with Gasteiger partial charge >= 0.3 is 0 Å². The molecule has 0 saturated carbocycles. The van der Waals surface area contributed by atoms with Crippen molar-refractivity contribution in [1.82, 2.24) is 15.6 Å². The quantitative estimate of drug-likeness (QED) is 0.845. The first-order valence-electron chi connectivity index (χ1n) is 6.75. The molecule has 0 spiro atoms. The van der Waals surface area contributed by atoms with E-state index in [-0.39, 0.29) is 11.9 Å². The van der Waals surface area contributed by atoms with Crippen LogP contribution >= 0.6 is 0 Å². The molecule has 1 amide bonds. The number of piperidine rings is 1. The molecule has 0 aliphatic carbocycles. The van der Waals surface area contributed by atoms with Crippen molar-refractivity contribution in [3.63, 3.8) is 0 Å². The van der Waals surface area contributed by atoms with Crippen LogP contribution in [0.25, 0.3) is 0 Å². The molecule has 1 aromatic heterocycles. The maximum absolute atomic E-state index is 12.0. The van der Waals surface area contributed by atoms with E-state index >= 15 is 0 Å². The molecule has 98 valence electrons. The lowest BCUT2D eigenvalue weighted by Crippen LogP contribution is -2.46. The van der Waals surface area contributed by atoms with Gasteiger partial charge in [-0.3, -0.25) is 9.78 Å². The summed E-state index contributed by atoms with van der Waals surface area (Å²) >= 11 is 0. The predicted octanol–water partition coefficient (Wildman–Crippen LogP) is 1.40. The van der Waals surface area contributed by atoms with Crippen molar-refractivity contribution in [2.45, 2.75) is 45.2 Å². The molecule has 1 saturated heterocycles. The lowest BCUT2D eigenvalue weighted by Gasteiger charge is -2.22. The molecule has 2 heterocycles. The zero-order chi connectivity index (χ0) is 12.8. The molecule has 1 atom stereocenters. The molecule has 0 aromatic carbocycles. The second-order valence-electron chi connectivity index (χ2n) is 4.68. The normalized spacial score (nSPS) is 19.5. The summed E-state index contributed by atoms with van der Waals surface area (Å²) in [6.07, 6.45) is 5.97. The SMILES string of the molecule is CCc1cccnc1CNC(=O)[C@@H]1CCCCN1. The highest BCUT2D eigenvalue weighted by molar-refractivity contribution is 5.81. The Labute approximate surface area is 108 Å². The summed E-state index contributed by atoms with van der Waals surface area (Å²) in [5.74, 6) is 0.0995. The van der Waals surface area contributed by atoms with E-state index in [1.165, 1.54) is 12.0 Å². The van der Waals surface area contributed by atoms with Gasteiger partial charge in [0, 0.05) is 6.20 Å². The Hall–Kier alpha value is -1.42. The topological polar surface area (TPSA) is 54.0 Å². The van der Waals surface area contributed by atoms with Crippen LogP contribution in [0.15, 0.2) is 18.3 Å². The second-order valence-corrected chi connectivity index (χ2v) is 4.68. The standard InChI is InChI=1S/C14H21N3O/c1-2-11-6-5-9-16-13(11)10-17-14(18)12-7-3-4-8-15-12/h5-6,9,12,15H,2-4,7-8,10H2,1H3,(H,17,18)/t12-/m0/s1. The molecule has 1 aromatic rings. The first-order chi connectivity index (χ1) is 8.81. The van der Waals surface area contributed by atoms with E-state index in [0.717, 1.165) is 31.5 Å². The van der Waals surface area contributed by atoms with Crippen molar-refractivity contribution in [3.8, 4) is 0 Å². The molecule has 4 nitrogen and oxygen atoms in total. The van der Waals surface area contributed by atoms with Crippen LogP contribution in [0.1, 0.15) is 37.4 Å². The minimum Gasteiger partial charge on any atom is -0.349 e. The summed E-state index contributed by atoms with van der Waals surface area (Å²) in [6.45, 7) is 3.58. The highest BCUT2D eigenvalue weighted by Crippen LogP contribution is 2.08. The Kier molecular flexibility index (Phi) is 4.70. The number of nitrogens with one attached hydrogen (secondary N) is 2. The second kappa shape index (κ2) is 6.50. The van der Waals surface area contributed by atoms with Gasteiger partial charge < -0.3 is 10.6 Å². The number of carbonyl (C=O) groups is 1. The third kappa shape index (κ3) is 3.29. The highest BCUT2D eigenvalue weighted by Gasteiger charge is 2.20. The van der Waals surface area contributed by atoms with Crippen molar-refractivity contribution in [3.05, 3.63) is 29.6 Å². The predicted molar refractivity (Wildman–Crippen MR) is 71.1 cm³/mol. The number of aromatic nitrogens is 1. The van der Waals surface area contributed by atoms with Crippen LogP contribution in [0.4, 0.5) is 0 Å². The molecule has 1 aliphatic heterocycles. The maximum atomic E-state index is 12.0. The van der Waals surface area contributed by atoms with Crippen molar-refractivity contribution >= 4 is 5.91 Å². The molecule has 1 aliphatic rings. The Morgan fingerprint density at radius 1 is 1.56 bits per heavy atom. The van der Waals surface area contributed by atoms with E-state index < -0.39 is 0 Å². The molecule has 4 heteroatoms. The van der Waals surface area contributed by atoms with Gasteiger partial charge in [-0.2, -0.15) is 0 Å². The Bertz CT molecular complexity index is 400. The number of aryl methyl sites for hydroxylation is 1.